The zero-order valence-corrected chi connectivity index (χ0v) is 13.2. The Morgan fingerprint density at radius 2 is 1.95 bits per heavy atom. The Hall–Kier alpha value is -1.32. The third-order valence-electron chi connectivity index (χ3n) is 3.16. The maximum Gasteiger partial charge on any atom is 0.0454 e. The molecule has 100 valence electrons. The molecule has 0 aromatic heterocycles. The summed E-state index contributed by atoms with van der Waals surface area (Å²) in [6, 6.07) is 15.0. The summed E-state index contributed by atoms with van der Waals surface area (Å²) >= 11 is 3.54. The van der Waals surface area contributed by atoms with Gasteiger partial charge in [-0.3, -0.25) is 0 Å². The standard InChI is InChI=1S/C16H19BrN2/c1-12-5-4-6-15(9-12)19(3)16-8-7-14(17)10-13(16)11-18-2/h4-10,18H,11H2,1-3H3. The molecule has 0 aliphatic heterocycles. The molecule has 2 aromatic carbocycles. The van der Waals surface area contributed by atoms with E-state index in [1.165, 1.54) is 22.5 Å². The van der Waals surface area contributed by atoms with Gasteiger partial charge in [0.15, 0.2) is 0 Å². The summed E-state index contributed by atoms with van der Waals surface area (Å²) in [5.74, 6) is 0. The molecule has 2 aromatic rings. The maximum absolute atomic E-state index is 3.54. The minimum atomic E-state index is 0.852. The molecule has 0 saturated carbocycles. The Bertz CT molecular complexity index is 566. The van der Waals surface area contributed by atoms with Gasteiger partial charge >= 0.3 is 0 Å². The molecule has 0 spiro atoms. The van der Waals surface area contributed by atoms with Crippen molar-refractivity contribution < 1.29 is 0 Å². The summed E-state index contributed by atoms with van der Waals surface area (Å²) < 4.78 is 1.11. The molecule has 0 bridgehead atoms. The summed E-state index contributed by atoms with van der Waals surface area (Å²) in [6.45, 7) is 2.97. The van der Waals surface area contributed by atoms with Crippen LogP contribution in [0.4, 0.5) is 11.4 Å². The van der Waals surface area contributed by atoms with Gasteiger partial charge in [0, 0.05) is 29.4 Å². The van der Waals surface area contributed by atoms with Crippen LogP contribution in [0, 0.1) is 6.92 Å². The first kappa shape index (κ1) is 14.1. The normalized spacial score (nSPS) is 10.5. The van der Waals surface area contributed by atoms with Crippen molar-refractivity contribution in [2.75, 3.05) is 19.0 Å². The molecule has 0 unspecified atom stereocenters. The monoisotopic (exact) mass is 318 g/mol. The second-order valence-electron chi connectivity index (χ2n) is 4.70. The Balaban J connectivity index is 2.40. The predicted octanol–water partition coefficient (Wildman–Crippen LogP) is 4.24. The van der Waals surface area contributed by atoms with E-state index in [1.54, 1.807) is 0 Å². The Labute approximate surface area is 123 Å². The van der Waals surface area contributed by atoms with E-state index in [-0.39, 0.29) is 0 Å². The number of hydrogen-bond acceptors (Lipinski definition) is 2. The lowest BCUT2D eigenvalue weighted by Gasteiger charge is -2.23. The Morgan fingerprint density at radius 3 is 2.63 bits per heavy atom. The van der Waals surface area contributed by atoms with E-state index < -0.39 is 0 Å². The van der Waals surface area contributed by atoms with Gasteiger partial charge in [-0.05, 0) is 55.4 Å². The van der Waals surface area contributed by atoms with Gasteiger partial charge in [0.25, 0.3) is 0 Å². The molecular weight excluding hydrogens is 300 g/mol. The zero-order chi connectivity index (χ0) is 13.8. The number of rotatable bonds is 4. The van der Waals surface area contributed by atoms with Crippen LogP contribution in [0.3, 0.4) is 0 Å². The predicted molar refractivity (Wildman–Crippen MR) is 86.1 cm³/mol. The molecule has 1 N–H and O–H groups in total. The highest BCUT2D eigenvalue weighted by Gasteiger charge is 2.09. The van der Waals surface area contributed by atoms with Crippen LogP contribution < -0.4 is 10.2 Å². The number of aryl methyl sites for hydroxylation is 1. The van der Waals surface area contributed by atoms with Crippen molar-refractivity contribution in [3.63, 3.8) is 0 Å². The van der Waals surface area contributed by atoms with Crippen molar-refractivity contribution >= 4 is 27.3 Å². The van der Waals surface area contributed by atoms with E-state index in [4.69, 9.17) is 0 Å². The third kappa shape index (κ3) is 3.37. The molecule has 0 atom stereocenters. The highest BCUT2D eigenvalue weighted by molar-refractivity contribution is 9.10. The van der Waals surface area contributed by atoms with Gasteiger partial charge in [-0.1, -0.05) is 28.1 Å². The van der Waals surface area contributed by atoms with Gasteiger partial charge in [0.1, 0.15) is 0 Å². The van der Waals surface area contributed by atoms with Crippen LogP contribution in [0.5, 0.6) is 0 Å². The summed E-state index contributed by atoms with van der Waals surface area (Å²) in [7, 11) is 4.08. The second-order valence-corrected chi connectivity index (χ2v) is 5.62. The van der Waals surface area contributed by atoms with Crippen LogP contribution in [-0.2, 0) is 6.54 Å². The number of halogens is 1. The van der Waals surface area contributed by atoms with Crippen molar-refractivity contribution in [3.8, 4) is 0 Å². The highest BCUT2D eigenvalue weighted by atomic mass is 79.9. The maximum atomic E-state index is 3.54. The van der Waals surface area contributed by atoms with Crippen LogP contribution >= 0.6 is 15.9 Å². The average Bonchev–Trinajstić information content (AvgIpc) is 2.39. The molecule has 0 saturated heterocycles. The lowest BCUT2D eigenvalue weighted by molar-refractivity contribution is 0.815. The minimum absolute atomic E-state index is 0.852. The Morgan fingerprint density at radius 1 is 1.16 bits per heavy atom. The van der Waals surface area contributed by atoms with Crippen LogP contribution in [0.1, 0.15) is 11.1 Å². The van der Waals surface area contributed by atoms with E-state index in [0.29, 0.717) is 0 Å². The van der Waals surface area contributed by atoms with Crippen LogP contribution in [-0.4, -0.2) is 14.1 Å². The van der Waals surface area contributed by atoms with Gasteiger partial charge in [0.2, 0.25) is 0 Å². The topological polar surface area (TPSA) is 15.3 Å². The summed E-state index contributed by atoms with van der Waals surface area (Å²) in [5, 5.41) is 3.22. The highest BCUT2D eigenvalue weighted by Crippen LogP contribution is 2.29. The third-order valence-corrected chi connectivity index (χ3v) is 3.65. The van der Waals surface area contributed by atoms with E-state index in [9.17, 15) is 0 Å². The van der Waals surface area contributed by atoms with Gasteiger partial charge in [-0.15, -0.1) is 0 Å². The van der Waals surface area contributed by atoms with Crippen LogP contribution in [0.25, 0.3) is 0 Å². The van der Waals surface area contributed by atoms with Gasteiger partial charge < -0.3 is 10.2 Å². The fourth-order valence-corrected chi connectivity index (χ4v) is 2.60. The first-order valence-corrected chi connectivity index (χ1v) is 7.14. The number of nitrogens with one attached hydrogen (secondary N) is 1. The van der Waals surface area contributed by atoms with E-state index >= 15 is 0 Å². The SMILES string of the molecule is CNCc1cc(Br)ccc1N(C)c1cccc(C)c1. The minimum Gasteiger partial charge on any atom is -0.344 e. The Kier molecular flexibility index (Phi) is 4.61. The summed E-state index contributed by atoms with van der Waals surface area (Å²) in [5.41, 5.74) is 4.99. The lowest BCUT2D eigenvalue weighted by Crippen LogP contribution is -2.15. The lowest BCUT2D eigenvalue weighted by atomic mass is 10.1. The van der Waals surface area contributed by atoms with Crippen LogP contribution in [0.15, 0.2) is 46.9 Å². The molecule has 2 rings (SSSR count). The van der Waals surface area contributed by atoms with Gasteiger partial charge in [-0.2, -0.15) is 0 Å². The molecule has 3 heteroatoms. The zero-order valence-electron chi connectivity index (χ0n) is 11.6. The molecule has 0 heterocycles. The first-order chi connectivity index (χ1) is 9.11. The molecular formula is C16H19BrN2. The summed E-state index contributed by atoms with van der Waals surface area (Å²) in [4.78, 5) is 2.23. The molecule has 19 heavy (non-hydrogen) atoms. The quantitative estimate of drug-likeness (QED) is 0.906. The smallest absolute Gasteiger partial charge is 0.0454 e. The van der Waals surface area contributed by atoms with E-state index in [2.05, 4.69) is 82.6 Å². The molecule has 0 aliphatic carbocycles. The number of hydrogen-bond donors (Lipinski definition) is 1. The largest absolute Gasteiger partial charge is 0.344 e. The van der Waals surface area contributed by atoms with Gasteiger partial charge in [0.05, 0.1) is 0 Å². The molecule has 0 amide bonds. The first-order valence-electron chi connectivity index (χ1n) is 6.35. The van der Waals surface area contributed by atoms with E-state index in [0.717, 1.165) is 11.0 Å². The van der Waals surface area contributed by atoms with Crippen molar-refractivity contribution in [1.29, 1.82) is 0 Å². The fraction of sp³-hybridized carbons (Fsp3) is 0.250. The number of anilines is 2. The number of benzene rings is 2. The van der Waals surface area contributed by atoms with Crippen molar-refractivity contribution in [2.24, 2.45) is 0 Å². The van der Waals surface area contributed by atoms with Crippen LogP contribution in [0.2, 0.25) is 0 Å². The van der Waals surface area contributed by atoms with Gasteiger partial charge in [-0.25, -0.2) is 0 Å². The van der Waals surface area contributed by atoms with Crippen molar-refractivity contribution in [1.82, 2.24) is 5.32 Å². The van der Waals surface area contributed by atoms with Crippen molar-refractivity contribution in [3.05, 3.63) is 58.1 Å². The molecule has 0 aliphatic rings. The van der Waals surface area contributed by atoms with E-state index in [1.807, 2.05) is 7.05 Å². The molecule has 0 fully saturated rings. The molecule has 2 nitrogen and oxygen atoms in total. The fourth-order valence-electron chi connectivity index (χ4n) is 2.19. The number of nitrogens with zero attached hydrogens (tertiary/aromatic N) is 1. The summed E-state index contributed by atoms with van der Waals surface area (Å²) in [6.07, 6.45) is 0. The second kappa shape index (κ2) is 6.22. The van der Waals surface area contributed by atoms with Crippen molar-refractivity contribution in [2.45, 2.75) is 13.5 Å². The molecule has 0 radical (unpaired) electrons. The average molecular weight is 319 g/mol.